The molecule has 139 heavy (non-hydrogen) atoms. The molecule has 0 heterocycles. The molecule has 0 bridgehead atoms. The standard InChI is InChI=1S/C105H126N16O18/c106-52-55-110-67-92(123)112(57-46-82-31-37-88(38-32-82)85-25-13-4-14-26-85)69-101(132)120(65-53-107)77-99(130)114(59-45-81-23-11-3-12-24-81)76-102(133)121(66-54-108)78-100(131)116(61-48-84-35-41-90(42-36-84)87-29-17-6-18-30-87)73-98(129)118(63-50-104(136)137)74-94(125)113(58-44-80-21-9-2-10-22-80)71-97(128)119(64-51-105(138)139)75-95(126)115(60-47-83-33-39-89(40-34-83)86-27-15-5-16-28-86)72-96(127)117(62-49-103(134)135)70-93(124)111(68-91(109)122)56-43-79-19-7-1-8-20-79/h1-42,110H,43-78,106-108H2,(H2,109,122)(H,134,135)(H,136,137)(H,138,139). The minimum absolute atomic E-state index is 0.0262. The Labute approximate surface area is 810 Å². The fraction of sp³-hybridized carbons (Fsp3) is 0.343. The van der Waals surface area contributed by atoms with Gasteiger partial charge in [-0.05, 0) is 105 Å². The third kappa shape index (κ3) is 37.5. The van der Waals surface area contributed by atoms with Gasteiger partial charge in [-0.3, -0.25) is 71.9 Å². The van der Waals surface area contributed by atoms with Crippen LogP contribution in [0.4, 0.5) is 0 Å². The molecule has 0 aliphatic rings. The molecular formula is C105H126N16O18. The van der Waals surface area contributed by atoms with Crippen LogP contribution in [0.5, 0.6) is 0 Å². The first kappa shape index (κ1) is 108. The van der Waals surface area contributed by atoms with Gasteiger partial charge in [0.25, 0.3) is 0 Å². The highest BCUT2D eigenvalue weighted by Gasteiger charge is 2.34. The molecule has 0 radical (unpaired) electrons. The Morgan fingerprint density at radius 3 is 0.590 bits per heavy atom. The van der Waals surface area contributed by atoms with Crippen molar-refractivity contribution in [2.45, 2.75) is 57.8 Å². The van der Waals surface area contributed by atoms with Gasteiger partial charge in [0.2, 0.25) is 70.9 Å². The van der Waals surface area contributed by atoms with Crippen LogP contribution >= 0.6 is 0 Å². The molecule has 0 aliphatic heterocycles. The molecule has 0 aliphatic carbocycles. The maximum atomic E-state index is 15.4. The van der Waals surface area contributed by atoms with Gasteiger partial charge < -0.3 is 97.5 Å². The van der Waals surface area contributed by atoms with Crippen molar-refractivity contribution < 1.29 is 87.2 Å². The fourth-order valence-electron chi connectivity index (χ4n) is 15.4. The van der Waals surface area contributed by atoms with Crippen molar-refractivity contribution in [2.75, 3.05) is 177 Å². The number of hydrogen-bond acceptors (Lipinski definition) is 19. The van der Waals surface area contributed by atoms with Crippen LogP contribution in [0, 0.1) is 0 Å². The molecule has 734 valence electrons. The highest BCUT2D eigenvalue weighted by Crippen LogP contribution is 2.24. The minimum atomic E-state index is -1.40. The van der Waals surface area contributed by atoms with E-state index in [0.29, 0.717) is 29.7 Å². The van der Waals surface area contributed by atoms with Gasteiger partial charge in [-0.25, -0.2) is 0 Å². The first-order valence-electron chi connectivity index (χ1n) is 46.5. The second-order valence-electron chi connectivity index (χ2n) is 33.6. The Hall–Kier alpha value is -15.1. The monoisotopic (exact) mass is 1900 g/mol. The number of aliphatic carboxylic acids is 3. The second-order valence-corrected chi connectivity index (χ2v) is 33.6. The van der Waals surface area contributed by atoms with Gasteiger partial charge in [0.1, 0.15) is 0 Å². The lowest BCUT2D eigenvalue weighted by molar-refractivity contribution is -0.150. The summed E-state index contributed by atoms with van der Waals surface area (Å²) < 4.78 is 0. The summed E-state index contributed by atoms with van der Waals surface area (Å²) in [5, 5.41) is 33.4. The van der Waals surface area contributed by atoms with Gasteiger partial charge >= 0.3 is 17.9 Å². The van der Waals surface area contributed by atoms with E-state index in [9.17, 15) is 53.7 Å². The number of rotatable bonds is 60. The summed E-state index contributed by atoms with van der Waals surface area (Å²) >= 11 is 0. The molecule has 9 aromatic rings. The van der Waals surface area contributed by atoms with E-state index in [2.05, 4.69) is 5.32 Å². The van der Waals surface area contributed by atoms with E-state index in [-0.39, 0.29) is 111 Å². The molecule has 0 unspecified atom stereocenters. The molecule has 0 fully saturated rings. The molecule has 0 atom stereocenters. The van der Waals surface area contributed by atoms with E-state index in [4.69, 9.17) is 22.9 Å². The predicted molar refractivity (Wildman–Crippen MR) is 526 cm³/mol. The molecule has 0 aromatic heterocycles. The lowest BCUT2D eigenvalue weighted by atomic mass is 10.0. The highest BCUT2D eigenvalue weighted by atomic mass is 16.4. The lowest BCUT2D eigenvalue weighted by Crippen LogP contribution is -2.54. The molecule has 12 N–H and O–H groups in total. The molecule has 34 nitrogen and oxygen atoms in total. The van der Waals surface area contributed by atoms with E-state index in [0.717, 1.165) is 89.3 Å². The number of carboxylic acids is 3. The number of primary amides is 1. The van der Waals surface area contributed by atoms with Crippen molar-refractivity contribution in [3.05, 3.63) is 288 Å². The zero-order valence-electron chi connectivity index (χ0n) is 78.4. The molecule has 0 saturated heterocycles. The van der Waals surface area contributed by atoms with Crippen LogP contribution in [-0.2, 0) is 110 Å². The second kappa shape index (κ2) is 57.7. The maximum Gasteiger partial charge on any atom is 0.305 e. The van der Waals surface area contributed by atoms with Crippen molar-refractivity contribution >= 4 is 88.8 Å². The van der Waals surface area contributed by atoms with Crippen molar-refractivity contribution in [2.24, 2.45) is 22.9 Å². The van der Waals surface area contributed by atoms with Crippen LogP contribution in [0.25, 0.3) is 33.4 Å². The quantitative estimate of drug-likeness (QED) is 0.0234. The van der Waals surface area contributed by atoms with E-state index >= 15 is 33.6 Å². The smallest absolute Gasteiger partial charge is 0.305 e. The Morgan fingerprint density at radius 2 is 0.388 bits per heavy atom. The lowest BCUT2D eigenvalue weighted by Gasteiger charge is -2.33. The zero-order chi connectivity index (χ0) is 99.8. The Morgan fingerprint density at radius 1 is 0.209 bits per heavy atom. The number of benzene rings is 9. The number of carbonyl (C=O) groups is 15. The van der Waals surface area contributed by atoms with Crippen LogP contribution in [0.15, 0.2) is 255 Å². The number of carboxylic acid groups (broad SMARTS) is 3. The van der Waals surface area contributed by atoms with Crippen LogP contribution in [0.2, 0.25) is 0 Å². The average Bonchev–Trinajstić information content (AvgIpc) is 0.867. The van der Waals surface area contributed by atoms with Crippen LogP contribution in [-0.4, -0.2) is 335 Å². The summed E-state index contributed by atoms with van der Waals surface area (Å²) in [5.74, 6) is -13.8. The largest absolute Gasteiger partial charge is 0.481 e. The molecule has 12 amide bonds. The van der Waals surface area contributed by atoms with Gasteiger partial charge in [0, 0.05) is 98.2 Å². The van der Waals surface area contributed by atoms with Crippen molar-refractivity contribution in [1.29, 1.82) is 0 Å². The zero-order valence-corrected chi connectivity index (χ0v) is 78.4. The number of nitrogens with two attached hydrogens (primary N) is 4. The van der Waals surface area contributed by atoms with E-state index in [1.807, 2.05) is 194 Å². The topological polar surface area (TPSA) is 468 Å². The van der Waals surface area contributed by atoms with E-state index in [1.165, 1.54) is 14.7 Å². The van der Waals surface area contributed by atoms with Gasteiger partial charge in [-0.2, -0.15) is 0 Å². The normalized spacial score (nSPS) is 10.9. The predicted octanol–water partition coefficient (Wildman–Crippen LogP) is 4.93. The first-order valence-corrected chi connectivity index (χ1v) is 46.5. The molecular weight excluding hydrogens is 1770 g/mol. The Balaban J connectivity index is 0.977. The van der Waals surface area contributed by atoms with E-state index in [1.54, 1.807) is 60.7 Å². The SMILES string of the molecule is NCCNCC(=O)N(CCc1ccc(-c2ccccc2)cc1)CC(=O)N(CCN)CC(=O)N(CCc1ccccc1)CC(=O)N(CCN)CC(=O)N(CCc1ccc(-c2ccccc2)cc1)CC(=O)N(CCC(=O)O)CC(=O)N(CCc1ccccc1)CC(=O)N(CCC(=O)O)CC(=O)N(CCc1ccc(-c2ccccc2)cc1)CC(=O)N(CCC(=O)O)CC(=O)N(CCc1ccccc1)CC(N)=O. The summed E-state index contributed by atoms with van der Waals surface area (Å²) in [7, 11) is 0. The van der Waals surface area contributed by atoms with Crippen molar-refractivity contribution in [1.82, 2.24) is 59.2 Å². The van der Waals surface area contributed by atoms with E-state index < -0.39 is 200 Å². The molecule has 0 spiro atoms. The third-order valence-electron chi connectivity index (χ3n) is 23.4. The van der Waals surface area contributed by atoms with Crippen molar-refractivity contribution in [3.8, 4) is 33.4 Å². The summed E-state index contributed by atoms with van der Waals surface area (Å²) in [4.78, 5) is 227. The number of nitrogens with zero attached hydrogens (tertiary/aromatic N) is 11. The maximum absolute atomic E-state index is 15.4. The molecule has 0 saturated carbocycles. The van der Waals surface area contributed by atoms with Gasteiger partial charge in [0.15, 0.2) is 0 Å². The number of amides is 12. The number of hydrogen-bond donors (Lipinski definition) is 8. The minimum Gasteiger partial charge on any atom is -0.481 e. The van der Waals surface area contributed by atoms with Gasteiger partial charge in [0.05, 0.1) is 97.8 Å². The Bertz CT molecular complexity index is 5490. The summed E-state index contributed by atoms with van der Waals surface area (Å²) in [6, 6.07) is 78.2. The number of carbonyl (C=O) groups excluding carboxylic acids is 12. The van der Waals surface area contributed by atoms with Crippen LogP contribution in [0.1, 0.15) is 52.6 Å². The van der Waals surface area contributed by atoms with Crippen LogP contribution in [0.3, 0.4) is 0 Å². The summed E-state index contributed by atoms with van der Waals surface area (Å²) in [5.41, 5.74) is 33.9. The summed E-state index contributed by atoms with van der Waals surface area (Å²) in [6.07, 6.45) is -1.03. The van der Waals surface area contributed by atoms with Crippen molar-refractivity contribution in [3.63, 3.8) is 0 Å². The summed E-state index contributed by atoms with van der Waals surface area (Å²) in [6.45, 7) is -10.8. The fourth-order valence-corrected chi connectivity index (χ4v) is 15.4. The highest BCUT2D eigenvalue weighted by molar-refractivity contribution is 5.96. The molecule has 9 rings (SSSR count). The average molecular weight is 1900 g/mol. The molecule has 34 heteroatoms. The van der Waals surface area contributed by atoms with Gasteiger partial charge in [-0.1, -0.05) is 255 Å². The van der Waals surface area contributed by atoms with Crippen LogP contribution < -0.4 is 28.3 Å². The molecule has 9 aromatic carbocycles. The Kier molecular flexibility index (Phi) is 44.6. The van der Waals surface area contributed by atoms with Gasteiger partial charge in [-0.15, -0.1) is 0 Å². The number of nitrogens with one attached hydrogen (secondary N) is 1. The third-order valence-corrected chi connectivity index (χ3v) is 23.4. The first-order chi connectivity index (χ1) is 67.1.